The van der Waals surface area contributed by atoms with Crippen LogP contribution in [0.2, 0.25) is 0 Å². The van der Waals surface area contributed by atoms with E-state index in [0.29, 0.717) is 30.4 Å². The van der Waals surface area contributed by atoms with E-state index in [1.165, 1.54) is 25.7 Å². The third kappa shape index (κ3) is 4.31. The first-order valence-corrected chi connectivity index (χ1v) is 8.78. The third-order valence-electron chi connectivity index (χ3n) is 4.52. The van der Waals surface area contributed by atoms with Crippen LogP contribution in [0.5, 0.6) is 0 Å². The molecule has 0 aliphatic carbocycles. The van der Waals surface area contributed by atoms with Gasteiger partial charge in [0.05, 0.1) is 11.0 Å². The van der Waals surface area contributed by atoms with E-state index in [-0.39, 0.29) is 17.7 Å². The van der Waals surface area contributed by atoms with Crippen molar-refractivity contribution >= 4 is 22.2 Å². The lowest BCUT2D eigenvalue weighted by molar-refractivity contribution is 0.180. The van der Waals surface area contributed by atoms with Crippen molar-refractivity contribution in [3.05, 3.63) is 0 Å². The number of sulfone groups is 1. The van der Waals surface area contributed by atoms with E-state index in [1.54, 1.807) is 13.8 Å². The molecule has 2 fully saturated rings. The average Bonchev–Trinajstić information content (AvgIpc) is 2.65. The summed E-state index contributed by atoms with van der Waals surface area (Å²) in [4.78, 5) is 2.26. The Kier molecular flexibility index (Phi) is 6.11. The van der Waals surface area contributed by atoms with Gasteiger partial charge in [-0.3, -0.25) is 0 Å². The predicted molar refractivity (Wildman–Crippen MR) is 81.8 cm³/mol. The van der Waals surface area contributed by atoms with Gasteiger partial charge >= 0.3 is 0 Å². The highest BCUT2D eigenvalue weighted by Crippen LogP contribution is 2.29. The van der Waals surface area contributed by atoms with E-state index in [2.05, 4.69) is 17.3 Å². The van der Waals surface area contributed by atoms with Crippen LogP contribution in [0.4, 0.5) is 0 Å². The van der Waals surface area contributed by atoms with Gasteiger partial charge in [-0.15, -0.1) is 12.4 Å². The number of nitrogens with one attached hydrogen (secondary N) is 1. The Morgan fingerprint density at radius 1 is 1.21 bits per heavy atom. The van der Waals surface area contributed by atoms with Crippen LogP contribution in [0.15, 0.2) is 0 Å². The van der Waals surface area contributed by atoms with Crippen LogP contribution >= 0.6 is 12.4 Å². The summed E-state index contributed by atoms with van der Waals surface area (Å²) in [6.07, 6.45) is 4.93. The number of nitrogens with zero attached hydrogens (tertiary/aromatic N) is 1. The van der Waals surface area contributed by atoms with Crippen LogP contribution in [0.1, 0.15) is 39.5 Å². The SMILES string of the molecule is CC(C)S(=O)(=O)CCN(C)C1CC2CCC(C1)N2.Cl. The van der Waals surface area contributed by atoms with E-state index < -0.39 is 9.84 Å². The van der Waals surface area contributed by atoms with Gasteiger partial charge in [0.2, 0.25) is 0 Å². The molecule has 0 aromatic rings. The van der Waals surface area contributed by atoms with E-state index in [0.717, 1.165) is 0 Å². The Labute approximate surface area is 123 Å². The highest BCUT2D eigenvalue weighted by molar-refractivity contribution is 7.92. The van der Waals surface area contributed by atoms with Crippen molar-refractivity contribution in [2.45, 2.75) is 62.9 Å². The summed E-state index contributed by atoms with van der Waals surface area (Å²) in [5.74, 6) is 0.292. The van der Waals surface area contributed by atoms with Crippen LogP contribution in [0.25, 0.3) is 0 Å². The van der Waals surface area contributed by atoms with Crippen LogP contribution in [0.3, 0.4) is 0 Å². The fraction of sp³-hybridized carbons (Fsp3) is 1.00. The molecule has 0 spiro atoms. The molecule has 0 radical (unpaired) electrons. The molecule has 0 aromatic carbocycles. The molecule has 2 unspecified atom stereocenters. The lowest BCUT2D eigenvalue weighted by Gasteiger charge is -2.35. The number of piperidine rings is 1. The van der Waals surface area contributed by atoms with Gasteiger partial charge in [0, 0.05) is 24.7 Å². The molecule has 2 aliphatic heterocycles. The van der Waals surface area contributed by atoms with E-state index in [9.17, 15) is 8.42 Å². The topological polar surface area (TPSA) is 49.4 Å². The molecule has 0 amide bonds. The molecule has 2 bridgehead atoms. The molecule has 19 heavy (non-hydrogen) atoms. The highest BCUT2D eigenvalue weighted by Gasteiger charge is 2.35. The van der Waals surface area contributed by atoms with Crippen molar-refractivity contribution in [3.63, 3.8) is 0 Å². The van der Waals surface area contributed by atoms with Gasteiger partial charge in [-0.2, -0.15) is 0 Å². The molecule has 2 rings (SSSR count). The second-order valence-corrected chi connectivity index (χ2v) is 8.84. The smallest absolute Gasteiger partial charge is 0.153 e. The first-order chi connectivity index (χ1) is 8.38. The Bertz CT molecular complexity index is 374. The van der Waals surface area contributed by atoms with Crippen molar-refractivity contribution in [3.8, 4) is 0 Å². The molecule has 1 N–H and O–H groups in total. The first-order valence-electron chi connectivity index (χ1n) is 7.06. The van der Waals surface area contributed by atoms with E-state index in [1.807, 2.05) is 0 Å². The second kappa shape index (κ2) is 6.74. The van der Waals surface area contributed by atoms with Crippen LogP contribution in [0, 0.1) is 0 Å². The van der Waals surface area contributed by atoms with Crippen molar-refractivity contribution in [2.24, 2.45) is 0 Å². The van der Waals surface area contributed by atoms with Crippen LogP contribution in [-0.2, 0) is 9.84 Å². The summed E-state index contributed by atoms with van der Waals surface area (Å²) in [5.41, 5.74) is 0. The van der Waals surface area contributed by atoms with Crippen molar-refractivity contribution in [1.82, 2.24) is 10.2 Å². The Hall–Kier alpha value is 0.160. The van der Waals surface area contributed by atoms with Gasteiger partial charge in [0.1, 0.15) is 0 Å². The number of fused-ring (bicyclic) bond motifs is 2. The molecule has 2 saturated heterocycles. The van der Waals surface area contributed by atoms with Crippen molar-refractivity contribution < 1.29 is 8.42 Å². The molecule has 114 valence electrons. The summed E-state index contributed by atoms with van der Waals surface area (Å²) >= 11 is 0. The highest BCUT2D eigenvalue weighted by atomic mass is 35.5. The minimum atomic E-state index is -2.90. The van der Waals surface area contributed by atoms with Crippen LogP contribution < -0.4 is 5.32 Å². The molecule has 4 nitrogen and oxygen atoms in total. The first kappa shape index (κ1) is 17.2. The Morgan fingerprint density at radius 2 is 1.74 bits per heavy atom. The standard InChI is InChI=1S/C13H26N2O2S.ClH/c1-10(2)18(16,17)7-6-15(3)13-8-11-4-5-12(9-13)14-11;/h10-14H,4-9H2,1-3H3;1H. The molecular formula is C13H27ClN2O2S. The average molecular weight is 311 g/mol. The maximum absolute atomic E-state index is 11.8. The summed E-state index contributed by atoms with van der Waals surface area (Å²) in [5, 5.41) is 3.37. The summed E-state index contributed by atoms with van der Waals surface area (Å²) < 4.78 is 23.6. The summed E-state index contributed by atoms with van der Waals surface area (Å²) in [6.45, 7) is 4.20. The quantitative estimate of drug-likeness (QED) is 0.835. The van der Waals surface area contributed by atoms with Crippen molar-refractivity contribution in [1.29, 1.82) is 0 Å². The van der Waals surface area contributed by atoms with Gasteiger partial charge in [0.15, 0.2) is 9.84 Å². The van der Waals surface area contributed by atoms with Gasteiger partial charge in [0.25, 0.3) is 0 Å². The second-order valence-electron chi connectivity index (χ2n) is 6.16. The number of hydrogen-bond acceptors (Lipinski definition) is 4. The lowest BCUT2D eigenvalue weighted by atomic mass is 9.99. The van der Waals surface area contributed by atoms with Crippen molar-refractivity contribution in [2.75, 3.05) is 19.3 Å². The van der Waals surface area contributed by atoms with E-state index in [4.69, 9.17) is 0 Å². The summed E-state index contributed by atoms with van der Waals surface area (Å²) in [7, 11) is -0.826. The molecule has 0 saturated carbocycles. The zero-order valence-electron chi connectivity index (χ0n) is 12.1. The fourth-order valence-electron chi connectivity index (χ4n) is 3.08. The minimum absolute atomic E-state index is 0. The van der Waals surface area contributed by atoms with Gasteiger partial charge in [-0.05, 0) is 46.6 Å². The maximum Gasteiger partial charge on any atom is 0.153 e. The lowest BCUT2D eigenvalue weighted by Crippen LogP contribution is -2.48. The number of rotatable bonds is 5. The predicted octanol–water partition coefficient (Wildman–Crippen LogP) is 1.45. The Morgan fingerprint density at radius 3 is 2.21 bits per heavy atom. The molecular weight excluding hydrogens is 284 g/mol. The number of halogens is 1. The maximum atomic E-state index is 11.8. The van der Waals surface area contributed by atoms with Gasteiger partial charge < -0.3 is 10.2 Å². The number of hydrogen-bond donors (Lipinski definition) is 1. The fourth-order valence-corrected chi connectivity index (χ4v) is 4.09. The largest absolute Gasteiger partial charge is 0.311 e. The molecule has 2 heterocycles. The molecule has 0 aromatic heterocycles. The third-order valence-corrected chi connectivity index (χ3v) is 6.71. The minimum Gasteiger partial charge on any atom is -0.311 e. The zero-order valence-corrected chi connectivity index (χ0v) is 13.8. The zero-order chi connectivity index (χ0) is 13.3. The molecule has 6 heteroatoms. The van der Waals surface area contributed by atoms with E-state index >= 15 is 0 Å². The Balaban J connectivity index is 0.00000180. The molecule has 2 atom stereocenters. The monoisotopic (exact) mass is 310 g/mol. The van der Waals surface area contributed by atoms with Crippen LogP contribution in [-0.4, -0.2) is 56.0 Å². The summed E-state index contributed by atoms with van der Waals surface area (Å²) in [6, 6.07) is 1.89. The van der Waals surface area contributed by atoms with Gasteiger partial charge in [-0.25, -0.2) is 8.42 Å². The van der Waals surface area contributed by atoms with Gasteiger partial charge in [-0.1, -0.05) is 0 Å². The normalized spacial score (nSPS) is 30.7. The molecule has 2 aliphatic rings.